The summed E-state index contributed by atoms with van der Waals surface area (Å²) in [5, 5.41) is 3.09. The summed E-state index contributed by atoms with van der Waals surface area (Å²) in [6.07, 6.45) is 3.29. The predicted octanol–water partition coefficient (Wildman–Crippen LogP) is 2.96. The van der Waals surface area contributed by atoms with Crippen LogP contribution in [0.25, 0.3) is 5.65 Å². The van der Waals surface area contributed by atoms with Gasteiger partial charge in [-0.2, -0.15) is 0 Å². The average Bonchev–Trinajstić information content (AvgIpc) is 3.28. The van der Waals surface area contributed by atoms with Crippen molar-refractivity contribution in [3.05, 3.63) is 69.3 Å². The molecule has 1 saturated carbocycles. The third kappa shape index (κ3) is 2.76. The van der Waals surface area contributed by atoms with Crippen molar-refractivity contribution in [1.82, 2.24) is 14.6 Å². The molecule has 0 spiro atoms. The third-order valence-corrected chi connectivity index (χ3v) is 4.19. The lowest BCUT2D eigenvalue weighted by Gasteiger charge is -2.03. The van der Waals surface area contributed by atoms with Crippen LogP contribution in [0, 0.1) is 11.6 Å². The SMILES string of the molecule is O=c1cc(CCc2ccc(F)c(F)c2)nc2cc(C3CC3)[nH]n12. The van der Waals surface area contributed by atoms with Crippen molar-refractivity contribution in [1.29, 1.82) is 0 Å². The van der Waals surface area contributed by atoms with E-state index in [1.165, 1.54) is 16.6 Å². The van der Waals surface area contributed by atoms with E-state index in [4.69, 9.17) is 0 Å². The second-order valence-corrected chi connectivity index (χ2v) is 6.01. The molecule has 4 nitrogen and oxygen atoms in total. The maximum absolute atomic E-state index is 13.2. The topological polar surface area (TPSA) is 50.2 Å². The zero-order valence-electron chi connectivity index (χ0n) is 12.4. The minimum atomic E-state index is -0.856. The first-order valence-electron chi connectivity index (χ1n) is 7.66. The summed E-state index contributed by atoms with van der Waals surface area (Å²) in [6, 6.07) is 7.25. The van der Waals surface area contributed by atoms with E-state index in [2.05, 4.69) is 10.1 Å². The molecular weight excluding hydrogens is 300 g/mol. The van der Waals surface area contributed by atoms with E-state index in [-0.39, 0.29) is 5.56 Å². The summed E-state index contributed by atoms with van der Waals surface area (Å²) in [7, 11) is 0. The molecule has 0 amide bonds. The van der Waals surface area contributed by atoms with Gasteiger partial charge in [0.25, 0.3) is 5.56 Å². The lowest BCUT2D eigenvalue weighted by Crippen LogP contribution is -2.16. The van der Waals surface area contributed by atoms with Crippen molar-refractivity contribution < 1.29 is 8.78 Å². The van der Waals surface area contributed by atoms with Crippen LogP contribution >= 0.6 is 0 Å². The van der Waals surface area contributed by atoms with Crippen LogP contribution in [0.5, 0.6) is 0 Å². The standard InChI is InChI=1S/C17H15F2N3O/c18-13-6-2-10(7-14(13)19)1-5-12-8-17(23)22-16(20-12)9-15(21-22)11-3-4-11/h2,6-9,11,21H,1,3-5H2. The number of hydrogen-bond acceptors (Lipinski definition) is 2. The van der Waals surface area contributed by atoms with Crippen molar-refractivity contribution in [2.45, 2.75) is 31.6 Å². The number of fused-ring (bicyclic) bond motifs is 1. The van der Waals surface area contributed by atoms with Gasteiger partial charge in [-0.1, -0.05) is 6.07 Å². The first-order valence-corrected chi connectivity index (χ1v) is 7.66. The third-order valence-electron chi connectivity index (χ3n) is 4.19. The van der Waals surface area contributed by atoms with Crippen LogP contribution in [-0.2, 0) is 12.8 Å². The van der Waals surface area contributed by atoms with Gasteiger partial charge < -0.3 is 0 Å². The van der Waals surface area contributed by atoms with Gasteiger partial charge in [0.15, 0.2) is 17.3 Å². The molecule has 4 rings (SSSR count). The highest BCUT2D eigenvalue weighted by Crippen LogP contribution is 2.39. The lowest BCUT2D eigenvalue weighted by atomic mass is 10.1. The predicted molar refractivity (Wildman–Crippen MR) is 81.6 cm³/mol. The number of nitrogens with one attached hydrogen (secondary N) is 1. The van der Waals surface area contributed by atoms with Crippen LogP contribution in [0.15, 0.2) is 35.1 Å². The number of benzene rings is 1. The van der Waals surface area contributed by atoms with Gasteiger partial charge in [-0.05, 0) is 43.4 Å². The normalized spacial score (nSPS) is 14.5. The first kappa shape index (κ1) is 14.1. The highest BCUT2D eigenvalue weighted by molar-refractivity contribution is 5.41. The molecule has 0 atom stereocenters. The van der Waals surface area contributed by atoms with Crippen LogP contribution in [-0.4, -0.2) is 14.6 Å². The van der Waals surface area contributed by atoms with Crippen molar-refractivity contribution in [2.24, 2.45) is 0 Å². The zero-order chi connectivity index (χ0) is 16.0. The van der Waals surface area contributed by atoms with Gasteiger partial charge in [0, 0.05) is 29.4 Å². The van der Waals surface area contributed by atoms with Crippen LogP contribution < -0.4 is 5.56 Å². The zero-order valence-corrected chi connectivity index (χ0v) is 12.4. The molecule has 1 N–H and O–H groups in total. The molecule has 0 saturated heterocycles. The largest absolute Gasteiger partial charge is 0.293 e. The molecule has 118 valence electrons. The molecule has 1 fully saturated rings. The highest BCUT2D eigenvalue weighted by Gasteiger charge is 2.25. The van der Waals surface area contributed by atoms with Gasteiger partial charge in [-0.25, -0.2) is 18.3 Å². The van der Waals surface area contributed by atoms with E-state index in [1.54, 1.807) is 6.07 Å². The van der Waals surface area contributed by atoms with Crippen LogP contribution in [0.3, 0.4) is 0 Å². The Balaban J connectivity index is 1.58. The number of hydrogen-bond donors (Lipinski definition) is 1. The van der Waals surface area contributed by atoms with Gasteiger partial charge in [0.2, 0.25) is 0 Å². The molecule has 0 radical (unpaired) electrons. The van der Waals surface area contributed by atoms with Gasteiger partial charge in [-0.3, -0.25) is 9.89 Å². The lowest BCUT2D eigenvalue weighted by molar-refractivity contribution is 0.507. The number of H-pyrrole nitrogens is 1. The Hall–Kier alpha value is -2.50. The summed E-state index contributed by atoms with van der Waals surface area (Å²) < 4.78 is 27.6. The summed E-state index contributed by atoms with van der Waals surface area (Å²) in [5.41, 5.74) is 2.84. The number of nitrogens with zero attached hydrogens (tertiary/aromatic N) is 2. The average molecular weight is 315 g/mol. The van der Waals surface area contributed by atoms with E-state index >= 15 is 0 Å². The van der Waals surface area contributed by atoms with E-state index in [0.717, 1.165) is 24.6 Å². The Kier molecular flexibility index (Phi) is 3.25. The maximum Gasteiger partial charge on any atom is 0.272 e. The molecule has 23 heavy (non-hydrogen) atoms. The number of aromatic nitrogens is 3. The van der Waals surface area contributed by atoms with E-state index in [1.807, 2.05) is 6.07 Å². The summed E-state index contributed by atoms with van der Waals surface area (Å²) in [6.45, 7) is 0. The van der Waals surface area contributed by atoms with Crippen molar-refractivity contribution in [3.8, 4) is 0 Å². The van der Waals surface area contributed by atoms with Gasteiger partial charge in [-0.15, -0.1) is 0 Å². The summed E-state index contributed by atoms with van der Waals surface area (Å²) in [5.74, 6) is -1.20. The molecule has 2 aromatic heterocycles. The van der Waals surface area contributed by atoms with Gasteiger partial charge >= 0.3 is 0 Å². The van der Waals surface area contributed by atoms with Crippen molar-refractivity contribution in [2.75, 3.05) is 0 Å². The molecule has 3 aromatic rings. The molecule has 0 unspecified atom stereocenters. The molecule has 0 bridgehead atoms. The highest BCUT2D eigenvalue weighted by atomic mass is 19.2. The monoisotopic (exact) mass is 315 g/mol. The summed E-state index contributed by atoms with van der Waals surface area (Å²) >= 11 is 0. The van der Waals surface area contributed by atoms with E-state index in [0.29, 0.717) is 35.7 Å². The summed E-state index contributed by atoms with van der Waals surface area (Å²) in [4.78, 5) is 16.6. The number of aryl methyl sites for hydroxylation is 2. The van der Waals surface area contributed by atoms with Crippen molar-refractivity contribution >= 4 is 5.65 Å². The molecule has 1 aromatic carbocycles. The van der Waals surface area contributed by atoms with Crippen LogP contribution in [0.4, 0.5) is 8.78 Å². The van der Waals surface area contributed by atoms with Gasteiger partial charge in [0.1, 0.15) is 0 Å². The Bertz CT molecular complexity index is 941. The van der Waals surface area contributed by atoms with Crippen LogP contribution in [0.1, 0.15) is 35.7 Å². The number of rotatable bonds is 4. The Morgan fingerprint density at radius 2 is 1.96 bits per heavy atom. The van der Waals surface area contributed by atoms with Crippen molar-refractivity contribution in [3.63, 3.8) is 0 Å². The first-order chi connectivity index (χ1) is 11.1. The number of aromatic amines is 1. The smallest absolute Gasteiger partial charge is 0.272 e. The molecule has 0 aliphatic heterocycles. The number of halogens is 2. The molecule has 1 aliphatic rings. The molecule has 1 aliphatic carbocycles. The Labute approximate surface area is 130 Å². The van der Waals surface area contributed by atoms with Crippen LogP contribution in [0.2, 0.25) is 0 Å². The van der Waals surface area contributed by atoms with E-state index < -0.39 is 11.6 Å². The second kappa shape index (κ2) is 5.30. The fraction of sp³-hybridized carbons (Fsp3) is 0.294. The van der Waals surface area contributed by atoms with Gasteiger partial charge in [0.05, 0.1) is 0 Å². The fourth-order valence-electron chi connectivity index (χ4n) is 2.76. The van der Waals surface area contributed by atoms with E-state index in [9.17, 15) is 13.6 Å². The minimum absolute atomic E-state index is 0.151. The minimum Gasteiger partial charge on any atom is -0.293 e. The second-order valence-electron chi connectivity index (χ2n) is 6.01. The fourth-order valence-corrected chi connectivity index (χ4v) is 2.76. The molecule has 6 heteroatoms. The Morgan fingerprint density at radius 1 is 1.13 bits per heavy atom. The maximum atomic E-state index is 13.2. The molecular formula is C17H15F2N3O. The Morgan fingerprint density at radius 3 is 2.70 bits per heavy atom. The quantitative estimate of drug-likeness (QED) is 0.805. The molecule has 2 heterocycles.